The van der Waals surface area contributed by atoms with Crippen molar-refractivity contribution < 1.29 is 4.39 Å². The van der Waals surface area contributed by atoms with Gasteiger partial charge in [-0.15, -0.1) is 0 Å². The Morgan fingerprint density at radius 3 is 2.47 bits per heavy atom. The van der Waals surface area contributed by atoms with Crippen LogP contribution in [0, 0.1) is 12.7 Å². The minimum atomic E-state index is -0.241. The molecule has 2 rings (SSSR count). The van der Waals surface area contributed by atoms with E-state index in [0.29, 0.717) is 5.69 Å². The molecule has 2 nitrogen and oxygen atoms in total. The fraction of sp³-hybridized carbons (Fsp3) is 0.143. The van der Waals surface area contributed by atoms with E-state index in [9.17, 15) is 4.39 Å². The molecular formula is C14H15FN2. The minimum absolute atomic E-state index is 0.241. The molecule has 0 saturated heterocycles. The summed E-state index contributed by atoms with van der Waals surface area (Å²) in [5.41, 5.74) is 9.36. The molecule has 0 unspecified atom stereocenters. The molecule has 0 bridgehead atoms. The number of nitrogens with zero attached hydrogens (tertiary/aromatic N) is 1. The SMILES string of the molecule is Cc1cc(N)cc(N(C)c2cccc(F)c2)c1. The van der Waals surface area contributed by atoms with Crippen LogP contribution >= 0.6 is 0 Å². The topological polar surface area (TPSA) is 29.3 Å². The summed E-state index contributed by atoms with van der Waals surface area (Å²) in [6.07, 6.45) is 0. The fourth-order valence-corrected chi connectivity index (χ4v) is 1.82. The third-order valence-corrected chi connectivity index (χ3v) is 2.67. The Hall–Kier alpha value is -2.03. The molecule has 2 aromatic rings. The summed E-state index contributed by atoms with van der Waals surface area (Å²) in [5, 5.41) is 0. The van der Waals surface area contributed by atoms with Crippen LogP contribution in [-0.4, -0.2) is 7.05 Å². The van der Waals surface area contributed by atoms with Crippen LogP contribution in [0.15, 0.2) is 42.5 Å². The predicted molar refractivity (Wildman–Crippen MR) is 70.1 cm³/mol. The van der Waals surface area contributed by atoms with Gasteiger partial charge in [0.05, 0.1) is 0 Å². The van der Waals surface area contributed by atoms with Gasteiger partial charge in [-0.3, -0.25) is 0 Å². The second-order valence-corrected chi connectivity index (χ2v) is 4.14. The van der Waals surface area contributed by atoms with Crippen molar-refractivity contribution in [1.29, 1.82) is 0 Å². The molecule has 0 aliphatic heterocycles. The highest BCUT2D eigenvalue weighted by Crippen LogP contribution is 2.26. The molecule has 0 aliphatic rings. The number of rotatable bonds is 2. The number of nitrogen functional groups attached to an aromatic ring is 1. The molecule has 0 radical (unpaired) electrons. The summed E-state index contributed by atoms with van der Waals surface area (Å²) >= 11 is 0. The molecule has 0 fully saturated rings. The maximum absolute atomic E-state index is 13.2. The second-order valence-electron chi connectivity index (χ2n) is 4.14. The van der Waals surface area contributed by atoms with Gasteiger partial charge in [0.25, 0.3) is 0 Å². The zero-order valence-electron chi connectivity index (χ0n) is 9.94. The summed E-state index contributed by atoms with van der Waals surface area (Å²) in [4.78, 5) is 1.91. The Morgan fingerprint density at radius 1 is 1.06 bits per heavy atom. The van der Waals surface area contributed by atoms with Gasteiger partial charge in [0.15, 0.2) is 0 Å². The number of hydrogen-bond donors (Lipinski definition) is 1. The van der Waals surface area contributed by atoms with Gasteiger partial charge in [-0.1, -0.05) is 6.07 Å². The highest BCUT2D eigenvalue weighted by molar-refractivity contribution is 5.66. The van der Waals surface area contributed by atoms with Gasteiger partial charge in [-0.05, 0) is 48.9 Å². The van der Waals surface area contributed by atoms with Crippen LogP contribution in [0.25, 0.3) is 0 Å². The Labute approximate surface area is 100 Å². The van der Waals surface area contributed by atoms with Crippen molar-refractivity contribution in [3.05, 3.63) is 53.8 Å². The molecule has 0 aliphatic carbocycles. The molecule has 0 heterocycles. The van der Waals surface area contributed by atoms with E-state index in [0.717, 1.165) is 16.9 Å². The van der Waals surface area contributed by atoms with Crippen molar-refractivity contribution in [2.75, 3.05) is 17.7 Å². The van der Waals surface area contributed by atoms with Crippen LogP contribution in [0.2, 0.25) is 0 Å². The van der Waals surface area contributed by atoms with Crippen LogP contribution in [0.1, 0.15) is 5.56 Å². The molecule has 88 valence electrons. The van der Waals surface area contributed by atoms with E-state index in [1.54, 1.807) is 6.07 Å². The van der Waals surface area contributed by atoms with E-state index in [-0.39, 0.29) is 5.82 Å². The summed E-state index contributed by atoms with van der Waals surface area (Å²) in [6.45, 7) is 1.99. The fourth-order valence-electron chi connectivity index (χ4n) is 1.82. The molecule has 17 heavy (non-hydrogen) atoms. The number of nitrogens with two attached hydrogens (primary N) is 1. The van der Waals surface area contributed by atoms with Crippen LogP contribution in [0.4, 0.5) is 21.5 Å². The lowest BCUT2D eigenvalue weighted by atomic mass is 10.1. The van der Waals surface area contributed by atoms with Crippen molar-refractivity contribution in [3.8, 4) is 0 Å². The van der Waals surface area contributed by atoms with Crippen molar-refractivity contribution in [2.24, 2.45) is 0 Å². The van der Waals surface area contributed by atoms with Gasteiger partial charge < -0.3 is 10.6 Å². The first-order valence-electron chi connectivity index (χ1n) is 5.43. The van der Waals surface area contributed by atoms with E-state index in [1.807, 2.05) is 43.1 Å². The highest BCUT2D eigenvalue weighted by atomic mass is 19.1. The predicted octanol–water partition coefficient (Wildman–Crippen LogP) is 3.48. The molecule has 0 atom stereocenters. The lowest BCUT2D eigenvalue weighted by Crippen LogP contribution is -2.10. The normalized spacial score (nSPS) is 10.3. The van der Waals surface area contributed by atoms with Crippen LogP contribution < -0.4 is 10.6 Å². The first-order valence-corrected chi connectivity index (χ1v) is 5.43. The Kier molecular flexibility index (Phi) is 3.00. The Bertz CT molecular complexity index is 517. The van der Waals surface area contributed by atoms with Crippen molar-refractivity contribution in [3.63, 3.8) is 0 Å². The van der Waals surface area contributed by atoms with E-state index in [2.05, 4.69) is 0 Å². The zero-order valence-corrected chi connectivity index (χ0v) is 9.94. The molecule has 0 saturated carbocycles. The largest absolute Gasteiger partial charge is 0.399 e. The maximum atomic E-state index is 13.2. The third kappa shape index (κ3) is 2.56. The molecule has 0 spiro atoms. The quantitative estimate of drug-likeness (QED) is 0.800. The number of anilines is 3. The monoisotopic (exact) mass is 230 g/mol. The first-order chi connectivity index (χ1) is 8.06. The Balaban J connectivity index is 2.39. The summed E-state index contributed by atoms with van der Waals surface area (Å²) < 4.78 is 13.2. The summed E-state index contributed by atoms with van der Waals surface area (Å²) in [5.74, 6) is -0.241. The van der Waals surface area contributed by atoms with E-state index >= 15 is 0 Å². The van der Waals surface area contributed by atoms with Crippen molar-refractivity contribution in [2.45, 2.75) is 6.92 Å². The average molecular weight is 230 g/mol. The van der Waals surface area contributed by atoms with Gasteiger partial charge in [-0.2, -0.15) is 0 Å². The standard InChI is InChI=1S/C14H15FN2/c1-10-6-12(16)9-14(7-10)17(2)13-5-3-4-11(15)8-13/h3-9H,16H2,1-2H3. The van der Waals surface area contributed by atoms with Crippen LogP contribution in [0.3, 0.4) is 0 Å². The molecular weight excluding hydrogens is 215 g/mol. The lowest BCUT2D eigenvalue weighted by molar-refractivity contribution is 0.628. The Morgan fingerprint density at radius 2 is 1.82 bits per heavy atom. The molecule has 0 amide bonds. The average Bonchev–Trinajstić information content (AvgIpc) is 2.26. The lowest BCUT2D eigenvalue weighted by Gasteiger charge is -2.20. The van der Waals surface area contributed by atoms with Gasteiger partial charge in [0, 0.05) is 24.1 Å². The summed E-state index contributed by atoms with van der Waals surface area (Å²) in [6, 6.07) is 12.3. The minimum Gasteiger partial charge on any atom is -0.399 e. The van der Waals surface area contributed by atoms with Crippen molar-refractivity contribution in [1.82, 2.24) is 0 Å². The zero-order chi connectivity index (χ0) is 12.4. The number of halogens is 1. The van der Waals surface area contributed by atoms with Crippen LogP contribution in [-0.2, 0) is 0 Å². The molecule has 2 N–H and O–H groups in total. The van der Waals surface area contributed by atoms with Crippen molar-refractivity contribution >= 4 is 17.1 Å². The molecule has 2 aromatic carbocycles. The maximum Gasteiger partial charge on any atom is 0.125 e. The van der Waals surface area contributed by atoms with Gasteiger partial charge in [0.2, 0.25) is 0 Å². The van der Waals surface area contributed by atoms with Gasteiger partial charge >= 0.3 is 0 Å². The third-order valence-electron chi connectivity index (χ3n) is 2.67. The highest BCUT2D eigenvalue weighted by Gasteiger charge is 2.05. The van der Waals surface area contributed by atoms with Gasteiger partial charge in [0.1, 0.15) is 5.82 Å². The van der Waals surface area contributed by atoms with E-state index in [1.165, 1.54) is 12.1 Å². The number of aryl methyl sites for hydroxylation is 1. The van der Waals surface area contributed by atoms with Gasteiger partial charge in [-0.25, -0.2) is 4.39 Å². The summed E-state index contributed by atoms with van der Waals surface area (Å²) in [7, 11) is 1.89. The van der Waals surface area contributed by atoms with E-state index in [4.69, 9.17) is 5.73 Å². The smallest absolute Gasteiger partial charge is 0.125 e. The molecule has 3 heteroatoms. The van der Waals surface area contributed by atoms with E-state index < -0.39 is 0 Å². The number of benzene rings is 2. The first kappa shape index (κ1) is 11.5. The second kappa shape index (κ2) is 4.45. The number of hydrogen-bond acceptors (Lipinski definition) is 2. The van der Waals surface area contributed by atoms with Crippen LogP contribution in [0.5, 0.6) is 0 Å². The molecule has 0 aromatic heterocycles.